The molecule has 2 bridgehead atoms. The Morgan fingerprint density at radius 3 is 2.23 bits per heavy atom. The van der Waals surface area contributed by atoms with Crippen LogP contribution in [-0.2, 0) is 52.4 Å². The van der Waals surface area contributed by atoms with E-state index in [1.807, 2.05) is 65.1 Å². The molecule has 0 spiro atoms. The van der Waals surface area contributed by atoms with E-state index in [4.69, 9.17) is 28.4 Å². The van der Waals surface area contributed by atoms with Crippen LogP contribution in [0.4, 0.5) is 4.79 Å². The Bertz CT molecular complexity index is 2050. The Morgan fingerprint density at radius 2 is 1.55 bits per heavy atom. The molecule has 2 amide bonds. The van der Waals surface area contributed by atoms with Gasteiger partial charge in [0.1, 0.15) is 24.4 Å². The Balaban J connectivity index is 1.43. The topological polar surface area (TPSA) is 208 Å². The number of piperidine rings is 1. The zero-order valence-electron chi connectivity index (χ0n) is 46.2. The molecule has 1 unspecified atom stereocenters. The van der Waals surface area contributed by atoms with Crippen molar-refractivity contribution in [3.8, 4) is 0 Å². The molecule has 5 aliphatic rings. The summed E-state index contributed by atoms with van der Waals surface area (Å²) in [4.78, 5) is 89.7. The van der Waals surface area contributed by atoms with Crippen LogP contribution in [0.2, 0.25) is 0 Å². The first-order valence-corrected chi connectivity index (χ1v) is 27.3. The number of piperazine rings is 1. The lowest BCUT2D eigenvalue weighted by molar-refractivity contribution is -0.265. The number of Topliss-reactive ketones (excluding diaryl/α,β-unsaturated/α-hetero) is 3. The van der Waals surface area contributed by atoms with E-state index in [0.717, 1.165) is 18.7 Å². The van der Waals surface area contributed by atoms with Crippen molar-refractivity contribution in [1.82, 2.24) is 14.7 Å². The van der Waals surface area contributed by atoms with E-state index >= 15 is 0 Å². The number of allylic oxidation sites excluding steroid dienone is 6. The van der Waals surface area contributed by atoms with Gasteiger partial charge in [0.15, 0.2) is 11.6 Å². The number of ketones is 3. The van der Waals surface area contributed by atoms with Gasteiger partial charge in [-0.1, -0.05) is 71.1 Å². The van der Waals surface area contributed by atoms with Gasteiger partial charge < -0.3 is 53.3 Å². The number of hydrogen-bond acceptors (Lipinski definition) is 15. The molecule has 4 heterocycles. The summed E-state index contributed by atoms with van der Waals surface area (Å²) in [5.41, 5.74) is 1.17. The fraction of sp³-hybridized carbons (Fsp3) is 0.754. The van der Waals surface area contributed by atoms with E-state index in [-0.39, 0.29) is 55.0 Å². The van der Waals surface area contributed by atoms with Crippen molar-refractivity contribution in [2.75, 3.05) is 61.1 Å². The lowest BCUT2D eigenvalue weighted by Gasteiger charge is -2.42. The van der Waals surface area contributed by atoms with Gasteiger partial charge in [0.2, 0.25) is 5.79 Å². The van der Waals surface area contributed by atoms with Crippen LogP contribution in [0.1, 0.15) is 126 Å². The third kappa shape index (κ3) is 16.0. The number of ether oxygens (including phenoxy) is 6. The van der Waals surface area contributed by atoms with Gasteiger partial charge in [-0.25, -0.2) is 9.59 Å². The molecule has 5 rings (SSSR count). The van der Waals surface area contributed by atoms with Crippen LogP contribution in [0.3, 0.4) is 0 Å². The first-order chi connectivity index (χ1) is 35.1. The number of nitrogens with zero attached hydrogens (tertiary/aromatic N) is 3. The molecule has 17 heteroatoms. The van der Waals surface area contributed by atoms with Gasteiger partial charge in [-0.2, -0.15) is 0 Å². The standard InChI is InChI=1S/C57H89N3O14/c1-35-17-13-12-14-18-36(2)47(69-9)33-43-22-20-41(7)57(68,74-43)53(64)54(65)60-24-16-15-19-44(60)55(66)72-48(34-45(61)37(3)30-40(6)51(63)52(71-11)50(62)39(5)29-35)38(4)31-42-21-23-46(49(32-42)70-10)73-56(67)59-27-25-58(8)26-28-59/h12-14,17-18,30,35,38-44,46-49,51-52,63,68H,15-16,19-29,31-34H2,1-11H3/t35-,38-,39-,40?,41-,42+,43+,44+,46-,47+,48+,49-,51-,52+,57-/m1/s1. The Hall–Kier alpha value is -4.10. The van der Waals surface area contributed by atoms with Crippen LogP contribution in [0.15, 0.2) is 47.6 Å². The highest BCUT2D eigenvalue weighted by molar-refractivity contribution is 6.39. The van der Waals surface area contributed by atoms with Crippen LogP contribution in [-0.4, -0.2) is 176 Å². The van der Waals surface area contributed by atoms with Crippen molar-refractivity contribution in [1.29, 1.82) is 0 Å². The molecule has 0 aromatic carbocycles. The van der Waals surface area contributed by atoms with Crippen molar-refractivity contribution in [3.05, 3.63) is 47.6 Å². The van der Waals surface area contributed by atoms with Gasteiger partial charge in [0.05, 0.1) is 24.4 Å². The summed E-state index contributed by atoms with van der Waals surface area (Å²) in [6.45, 7) is 15.4. The Morgan fingerprint density at radius 1 is 0.838 bits per heavy atom. The molecule has 1 saturated carbocycles. The maximum absolute atomic E-state index is 14.6. The number of fused-ring (bicyclic) bond motifs is 3. The number of esters is 1. The second-order valence-corrected chi connectivity index (χ2v) is 22.2. The highest BCUT2D eigenvalue weighted by Gasteiger charge is 2.53. The van der Waals surface area contributed by atoms with E-state index < -0.39 is 89.8 Å². The van der Waals surface area contributed by atoms with Crippen LogP contribution >= 0.6 is 0 Å². The molecule has 15 atom stereocenters. The smallest absolute Gasteiger partial charge is 0.410 e. The highest BCUT2D eigenvalue weighted by Crippen LogP contribution is 2.38. The fourth-order valence-electron chi connectivity index (χ4n) is 11.4. The normalized spacial score (nSPS) is 36.1. The lowest BCUT2D eigenvalue weighted by Crippen LogP contribution is -2.61. The average Bonchev–Trinajstić information content (AvgIpc) is 3.38. The molecule has 2 N–H and O–H groups in total. The first-order valence-electron chi connectivity index (χ1n) is 27.3. The van der Waals surface area contributed by atoms with E-state index in [2.05, 4.69) is 4.90 Å². The second kappa shape index (κ2) is 28.3. The molecule has 0 radical (unpaired) electrons. The Labute approximate surface area is 440 Å². The largest absolute Gasteiger partial charge is 0.460 e. The molecule has 416 valence electrons. The molecular formula is C57H89N3O14. The van der Waals surface area contributed by atoms with Gasteiger partial charge in [-0.15, -0.1) is 0 Å². The maximum atomic E-state index is 14.6. The molecule has 0 aromatic rings. The third-order valence-electron chi connectivity index (χ3n) is 16.5. The predicted octanol–water partition coefficient (Wildman–Crippen LogP) is 6.57. The SMILES string of the molecule is CO[C@H]1C[C@@H]2CC[C@@H](C)[C@@](O)(O2)C(=O)C(=O)N2CCCC[C@H]2C(=O)O[C@H]([C@H](C)C[C@@H]2CC[C@@H](OC(=O)N3CCN(C)CC3)[C@H](OC)C2)CC(=O)C(C)=CC(C)[C@@H](O)[C@@H](OC)C(=O)[C@H](C)C[C@H](C)C=CC=CC=C1C. The number of methoxy groups -OCH3 is 3. The van der Waals surface area contributed by atoms with Crippen LogP contribution in [0.5, 0.6) is 0 Å². The summed E-state index contributed by atoms with van der Waals surface area (Å²) in [5, 5.41) is 23.6. The number of cyclic esters (lactones) is 1. The highest BCUT2D eigenvalue weighted by atomic mass is 16.6. The van der Waals surface area contributed by atoms with Gasteiger partial charge in [-0.05, 0) is 114 Å². The zero-order valence-corrected chi connectivity index (χ0v) is 46.2. The lowest BCUT2D eigenvalue weighted by atomic mass is 9.78. The number of aliphatic hydroxyl groups is 2. The fourth-order valence-corrected chi connectivity index (χ4v) is 11.4. The number of aliphatic hydroxyl groups excluding tert-OH is 1. The number of rotatable bonds is 7. The van der Waals surface area contributed by atoms with E-state index in [0.29, 0.717) is 82.9 Å². The van der Waals surface area contributed by atoms with Crippen molar-refractivity contribution in [2.24, 2.45) is 35.5 Å². The summed E-state index contributed by atoms with van der Waals surface area (Å²) in [5.74, 6) is -8.18. The molecule has 4 aliphatic heterocycles. The number of carbonyl (C=O) groups excluding carboxylic acids is 6. The summed E-state index contributed by atoms with van der Waals surface area (Å²) in [7, 11) is 6.58. The van der Waals surface area contributed by atoms with Gasteiger partial charge in [0, 0.05) is 84.6 Å². The van der Waals surface area contributed by atoms with Gasteiger partial charge >= 0.3 is 12.1 Å². The summed E-state index contributed by atoms with van der Waals surface area (Å²) in [6.07, 6.45) is 10.7. The molecule has 74 heavy (non-hydrogen) atoms. The van der Waals surface area contributed by atoms with Gasteiger partial charge in [0.25, 0.3) is 11.7 Å². The summed E-state index contributed by atoms with van der Waals surface area (Å²) < 4.78 is 35.9. The summed E-state index contributed by atoms with van der Waals surface area (Å²) in [6, 6.07) is -1.17. The van der Waals surface area contributed by atoms with Crippen LogP contribution in [0, 0.1) is 35.5 Å². The second-order valence-electron chi connectivity index (χ2n) is 22.2. The minimum absolute atomic E-state index is 0.0102. The van der Waals surface area contributed by atoms with Crippen LogP contribution in [0.25, 0.3) is 0 Å². The molecule has 4 fully saturated rings. The maximum Gasteiger partial charge on any atom is 0.410 e. The predicted molar refractivity (Wildman–Crippen MR) is 278 cm³/mol. The number of hydrogen-bond donors (Lipinski definition) is 2. The number of likely N-dealkylation sites (N-methyl/N-ethyl adjacent to an activating group) is 1. The summed E-state index contributed by atoms with van der Waals surface area (Å²) >= 11 is 0. The van der Waals surface area contributed by atoms with Crippen LogP contribution < -0.4 is 0 Å². The molecule has 3 saturated heterocycles. The van der Waals surface area contributed by atoms with Gasteiger partial charge in [-0.3, -0.25) is 19.2 Å². The first kappa shape index (κ1) is 60.8. The van der Waals surface area contributed by atoms with E-state index in [9.17, 15) is 39.0 Å². The monoisotopic (exact) mass is 1040 g/mol. The zero-order chi connectivity index (χ0) is 54.4. The van der Waals surface area contributed by atoms with Crippen molar-refractivity contribution >= 4 is 35.3 Å². The quantitative estimate of drug-likeness (QED) is 0.204. The van der Waals surface area contributed by atoms with Crippen molar-refractivity contribution < 1.29 is 67.4 Å². The third-order valence-corrected chi connectivity index (χ3v) is 16.5. The number of amides is 2. The minimum atomic E-state index is -2.45. The molecule has 17 nitrogen and oxygen atoms in total. The number of carbonyl (C=O) groups is 6. The molecule has 0 aromatic heterocycles. The molecular weight excluding hydrogens is 951 g/mol. The van der Waals surface area contributed by atoms with E-state index in [1.54, 1.807) is 46.0 Å². The Kier molecular flexibility index (Phi) is 23.3. The average molecular weight is 1040 g/mol. The van der Waals surface area contributed by atoms with E-state index in [1.165, 1.54) is 12.0 Å². The van der Waals surface area contributed by atoms with Crippen molar-refractivity contribution in [2.45, 2.75) is 180 Å². The minimum Gasteiger partial charge on any atom is -0.460 e. The van der Waals surface area contributed by atoms with Crippen molar-refractivity contribution in [3.63, 3.8) is 0 Å². The molecule has 1 aliphatic carbocycles.